The van der Waals surface area contributed by atoms with Crippen molar-refractivity contribution >= 4 is 5.91 Å². The topological polar surface area (TPSA) is 52.9 Å². The molecule has 17 heavy (non-hydrogen) atoms. The van der Waals surface area contributed by atoms with Gasteiger partial charge in [-0.1, -0.05) is 33.6 Å². The van der Waals surface area contributed by atoms with E-state index in [4.69, 9.17) is 5.26 Å². The van der Waals surface area contributed by atoms with Crippen LogP contribution >= 0.6 is 0 Å². The summed E-state index contributed by atoms with van der Waals surface area (Å²) in [6.07, 6.45) is 5.88. The highest BCUT2D eigenvalue weighted by atomic mass is 16.2. The van der Waals surface area contributed by atoms with Gasteiger partial charge < -0.3 is 5.32 Å². The first-order valence-corrected chi connectivity index (χ1v) is 6.74. The second kappa shape index (κ2) is 6.05. The summed E-state index contributed by atoms with van der Waals surface area (Å²) in [7, 11) is 0. The minimum absolute atomic E-state index is 0.108. The molecular formula is C14H24N2O. The standard InChI is InChI=1S/C14H24N2O/c1-4-12(10-15)16-13(17)14(9-11(2)3)7-5-6-8-14/h11-12H,4-9H2,1-3H3,(H,16,17). The van der Waals surface area contributed by atoms with Gasteiger partial charge >= 0.3 is 0 Å². The van der Waals surface area contributed by atoms with Gasteiger partial charge in [-0.05, 0) is 31.6 Å². The molecule has 96 valence electrons. The summed E-state index contributed by atoms with van der Waals surface area (Å²) < 4.78 is 0. The van der Waals surface area contributed by atoms with Crippen LogP contribution in [0.1, 0.15) is 59.3 Å². The molecule has 0 radical (unpaired) electrons. The van der Waals surface area contributed by atoms with Gasteiger partial charge in [0.15, 0.2) is 0 Å². The number of hydrogen-bond acceptors (Lipinski definition) is 2. The van der Waals surface area contributed by atoms with Gasteiger partial charge in [0, 0.05) is 5.41 Å². The Morgan fingerprint density at radius 2 is 2.00 bits per heavy atom. The Hall–Kier alpha value is -1.04. The molecule has 1 N–H and O–H groups in total. The number of hydrogen-bond donors (Lipinski definition) is 1. The summed E-state index contributed by atoms with van der Waals surface area (Å²) in [6, 6.07) is 1.82. The first-order chi connectivity index (χ1) is 8.04. The number of carbonyl (C=O) groups is 1. The molecule has 3 nitrogen and oxygen atoms in total. The highest BCUT2D eigenvalue weighted by Gasteiger charge is 2.41. The van der Waals surface area contributed by atoms with Gasteiger partial charge in [0.2, 0.25) is 5.91 Å². The second-order valence-corrected chi connectivity index (χ2v) is 5.65. The van der Waals surface area contributed by atoms with E-state index in [0.29, 0.717) is 12.3 Å². The zero-order chi connectivity index (χ0) is 12.9. The molecule has 0 saturated heterocycles. The minimum Gasteiger partial charge on any atom is -0.340 e. The third-order valence-electron chi connectivity index (χ3n) is 3.71. The van der Waals surface area contributed by atoms with E-state index >= 15 is 0 Å². The van der Waals surface area contributed by atoms with Crippen molar-refractivity contribution in [3.8, 4) is 6.07 Å². The molecule has 3 heteroatoms. The average Bonchev–Trinajstić information content (AvgIpc) is 2.74. The van der Waals surface area contributed by atoms with Gasteiger partial charge in [0.1, 0.15) is 6.04 Å². The Bertz CT molecular complexity index is 298. The predicted octanol–water partition coefficient (Wildman–Crippen LogP) is 3.01. The summed E-state index contributed by atoms with van der Waals surface area (Å²) in [4.78, 5) is 12.4. The Kier molecular flexibility index (Phi) is 4.99. The number of nitriles is 1. The van der Waals surface area contributed by atoms with Crippen LogP contribution in [0.3, 0.4) is 0 Å². The zero-order valence-electron chi connectivity index (χ0n) is 11.3. The fraction of sp³-hybridized carbons (Fsp3) is 0.857. The first-order valence-electron chi connectivity index (χ1n) is 6.74. The molecule has 0 heterocycles. The third kappa shape index (κ3) is 3.46. The maximum atomic E-state index is 12.4. The zero-order valence-corrected chi connectivity index (χ0v) is 11.3. The molecule has 1 fully saturated rings. The molecule has 1 rings (SSSR count). The maximum Gasteiger partial charge on any atom is 0.227 e. The molecule has 0 aromatic rings. The van der Waals surface area contributed by atoms with Crippen molar-refractivity contribution in [2.24, 2.45) is 11.3 Å². The Balaban J connectivity index is 2.71. The molecule has 0 aromatic carbocycles. The van der Waals surface area contributed by atoms with Crippen molar-refractivity contribution in [2.45, 2.75) is 65.3 Å². The second-order valence-electron chi connectivity index (χ2n) is 5.65. The number of nitrogens with zero attached hydrogens (tertiary/aromatic N) is 1. The molecule has 1 amide bonds. The number of amides is 1. The SMILES string of the molecule is CCC(C#N)NC(=O)C1(CC(C)C)CCCC1. The van der Waals surface area contributed by atoms with E-state index in [0.717, 1.165) is 32.1 Å². The fourth-order valence-corrected chi connectivity index (χ4v) is 2.89. The van der Waals surface area contributed by atoms with E-state index in [1.807, 2.05) is 6.92 Å². The van der Waals surface area contributed by atoms with Crippen LogP contribution in [-0.4, -0.2) is 11.9 Å². The van der Waals surface area contributed by atoms with E-state index in [-0.39, 0.29) is 17.4 Å². The maximum absolute atomic E-state index is 12.4. The highest BCUT2D eigenvalue weighted by molar-refractivity contribution is 5.83. The van der Waals surface area contributed by atoms with Crippen molar-refractivity contribution in [1.29, 1.82) is 5.26 Å². The lowest BCUT2D eigenvalue weighted by Gasteiger charge is -2.30. The molecule has 0 aromatic heterocycles. The molecule has 1 saturated carbocycles. The summed E-state index contributed by atoms with van der Waals surface area (Å²) >= 11 is 0. The molecule has 1 atom stereocenters. The molecule has 1 aliphatic carbocycles. The van der Waals surface area contributed by atoms with Crippen LogP contribution in [0.5, 0.6) is 0 Å². The lowest BCUT2D eigenvalue weighted by atomic mass is 9.77. The molecule has 0 aliphatic heterocycles. The average molecular weight is 236 g/mol. The largest absolute Gasteiger partial charge is 0.340 e. The minimum atomic E-state index is -0.327. The molecule has 0 bridgehead atoms. The van der Waals surface area contributed by atoms with Crippen LogP contribution in [0.25, 0.3) is 0 Å². The summed E-state index contributed by atoms with van der Waals surface area (Å²) in [5.41, 5.74) is -0.196. The van der Waals surface area contributed by atoms with E-state index in [9.17, 15) is 4.79 Å². The lowest BCUT2D eigenvalue weighted by molar-refractivity contribution is -0.132. The van der Waals surface area contributed by atoms with E-state index in [1.54, 1.807) is 0 Å². The fourth-order valence-electron chi connectivity index (χ4n) is 2.89. The van der Waals surface area contributed by atoms with Gasteiger partial charge in [-0.15, -0.1) is 0 Å². The lowest BCUT2D eigenvalue weighted by Crippen LogP contribution is -2.44. The molecule has 0 spiro atoms. The van der Waals surface area contributed by atoms with Gasteiger partial charge in [-0.25, -0.2) is 0 Å². The number of rotatable bonds is 5. The Labute approximate surface area is 105 Å². The summed E-state index contributed by atoms with van der Waals surface area (Å²) in [5.74, 6) is 0.637. The van der Waals surface area contributed by atoms with Crippen molar-refractivity contribution in [2.75, 3.05) is 0 Å². The summed E-state index contributed by atoms with van der Waals surface area (Å²) in [5, 5.41) is 11.8. The van der Waals surface area contributed by atoms with Crippen LogP contribution in [0.15, 0.2) is 0 Å². The third-order valence-corrected chi connectivity index (χ3v) is 3.71. The normalized spacial score (nSPS) is 19.9. The van der Waals surface area contributed by atoms with Crippen LogP contribution in [-0.2, 0) is 4.79 Å². The van der Waals surface area contributed by atoms with Crippen LogP contribution in [0.2, 0.25) is 0 Å². The van der Waals surface area contributed by atoms with Gasteiger partial charge in [0.05, 0.1) is 6.07 Å². The molecular weight excluding hydrogens is 212 g/mol. The first kappa shape index (κ1) is 14.0. The summed E-state index contributed by atoms with van der Waals surface area (Å²) in [6.45, 7) is 6.25. The van der Waals surface area contributed by atoms with Crippen LogP contribution in [0, 0.1) is 22.7 Å². The van der Waals surface area contributed by atoms with Gasteiger partial charge in [0.25, 0.3) is 0 Å². The van der Waals surface area contributed by atoms with E-state index < -0.39 is 0 Å². The van der Waals surface area contributed by atoms with Crippen molar-refractivity contribution in [3.63, 3.8) is 0 Å². The Morgan fingerprint density at radius 1 is 1.41 bits per heavy atom. The van der Waals surface area contributed by atoms with Gasteiger partial charge in [-0.3, -0.25) is 4.79 Å². The number of nitrogens with one attached hydrogen (secondary N) is 1. The molecule has 1 unspecified atom stereocenters. The monoisotopic (exact) mass is 236 g/mol. The van der Waals surface area contributed by atoms with Gasteiger partial charge in [-0.2, -0.15) is 5.26 Å². The number of carbonyl (C=O) groups excluding carboxylic acids is 1. The predicted molar refractivity (Wildman–Crippen MR) is 68.2 cm³/mol. The van der Waals surface area contributed by atoms with Crippen LogP contribution in [0.4, 0.5) is 0 Å². The van der Waals surface area contributed by atoms with Crippen molar-refractivity contribution in [1.82, 2.24) is 5.32 Å². The van der Waals surface area contributed by atoms with Crippen molar-refractivity contribution in [3.05, 3.63) is 0 Å². The van der Waals surface area contributed by atoms with E-state index in [1.165, 1.54) is 0 Å². The molecule has 1 aliphatic rings. The van der Waals surface area contributed by atoms with Crippen molar-refractivity contribution < 1.29 is 4.79 Å². The van der Waals surface area contributed by atoms with Crippen LogP contribution < -0.4 is 5.32 Å². The Morgan fingerprint density at radius 3 is 2.41 bits per heavy atom. The smallest absolute Gasteiger partial charge is 0.227 e. The quantitative estimate of drug-likeness (QED) is 0.797. The van der Waals surface area contributed by atoms with E-state index in [2.05, 4.69) is 25.2 Å². The highest BCUT2D eigenvalue weighted by Crippen LogP contribution is 2.43.